The third kappa shape index (κ3) is 5.84. The number of halogens is 3. The van der Waals surface area contributed by atoms with Gasteiger partial charge in [0.2, 0.25) is 5.91 Å². The molecule has 0 aliphatic rings. The van der Waals surface area contributed by atoms with Gasteiger partial charge in [0.25, 0.3) is 0 Å². The molecule has 0 rings (SSSR count). The van der Waals surface area contributed by atoms with Crippen LogP contribution in [0.3, 0.4) is 0 Å². The summed E-state index contributed by atoms with van der Waals surface area (Å²) in [6.45, 7) is -2.11. The molecule has 0 aliphatic carbocycles. The number of amides is 1. The van der Waals surface area contributed by atoms with E-state index in [0.717, 1.165) is 6.92 Å². The number of rotatable bonds is 5. The second kappa shape index (κ2) is 5.55. The number of alkyl halides is 3. The first-order valence-corrected chi connectivity index (χ1v) is 6.56. The topological polar surface area (TPSA) is 91.8 Å². The monoisotopic (exact) mass is 291 g/mol. The number of hydrogen-bond acceptors (Lipinski definition) is 4. The average Bonchev–Trinajstić information content (AvgIpc) is 2.09. The lowest BCUT2D eigenvalue weighted by atomic mass is 10.3. The molecule has 0 saturated heterocycles. The van der Waals surface area contributed by atoms with Gasteiger partial charge >= 0.3 is 12.1 Å². The first kappa shape index (κ1) is 16.7. The lowest BCUT2D eigenvalue weighted by Crippen LogP contribution is -2.47. The molecule has 18 heavy (non-hydrogen) atoms. The van der Waals surface area contributed by atoms with E-state index in [0.29, 0.717) is 6.26 Å². The fraction of sp³-hybridized carbons (Fsp3) is 0.750. The highest BCUT2D eigenvalue weighted by Gasteiger charge is 2.37. The quantitative estimate of drug-likeness (QED) is 0.763. The number of carboxylic acid groups (broad SMARTS) is 1. The number of carboxylic acids is 1. The molecule has 6 nitrogen and oxygen atoms in total. The third-order valence-electron chi connectivity index (χ3n) is 2.00. The first-order chi connectivity index (χ1) is 7.84. The molecule has 0 aliphatic heterocycles. The minimum Gasteiger partial charge on any atom is -0.480 e. The largest absolute Gasteiger partial charge is 0.480 e. The molecule has 0 saturated carbocycles. The van der Waals surface area contributed by atoms with E-state index in [-0.39, 0.29) is 4.90 Å². The summed E-state index contributed by atoms with van der Waals surface area (Å²) in [6.07, 6.45) is -4.12. The Morgan fingerprint density at radius 3 is 2.06 bits per heavy atom. The molecule has 1 unspecified atom stereocenters. The average molecular weight is 291 g/mol. The van der Waals surface area contributed by atoms with E-state index in [1.54, 1.807) is 0 Å². The molecule has 1 amide bonds. The Morgan fingerprint density at radius 2 is 1.78 bits per heavy atom. The molecule has 0 bridgehead atoms. The van der Waals surface area contributed by atoms with Crippen molar-refractivity contribution in [3.63, 3.8) is 0 Å². The van der Waals surface area contributed by atoms with Gasteiger partial charge in [0, 0.05) is 6.26 Å². The standard InChI is InChI=1S/C8H12F3NO5S/c1-5(18(2,16)17)7(15)12(3-6(13)14)4-8(9,10)11/h5H,3-4H2,1-2H3,(H,13,14). The molecule has 0 aromatic carbocycles. The van der Waals surface area contributed by atoms with Gasteiger partial charge in [-0.2, -0.15) is 13.2 Å². The van der Waals surface area contributed by atoms with E-state index in [9.17, 15) is 31.2 Å². The Kier molecular flexibility index (Phi) is 5.14. The van der Waals surface area contributed by atoms with Gasteiger partial charge in [-0.1, -0.05) is 0 Å². The molecule has 0 heterocycles. The molecular formula is C8H12F3NO5S. The van der Waals surface area contributed by atoms with Crippen LogP contribution >= 0.6 is 0 Å². The highest BCUT2D eigenvalue weighted by molar-refractivity contribution is 7.92. The maximum Gasteiger partial charge on any atom is 0.406 e. The molecular weight excluding hydrogens is 279 g/mol. The van der Waals surface area contributed by atoms with Gasteiger partial charge in [-0.05, 0) is 6.92 Å². The van der Waals surface area contributed by atoms with Gasteiger partial charge in [-0.15, -0.1) is 0 Å². The van der Waals surface area contributed by atoms with Crippen LogP contribution in [-0.4, -0.2) is 61.1 Å². The summed E-state index contributed by atoms with van der Waals surface area (Å²) in [5.41, 5.74) is 0. The van der Waals surface area contributed by atoms with Gasteiger partial charge in [-0.3, -0.25) is 9.59 Å². The Hall–Kier alpha value is -1.32. The molecule has 0 aromatic rings. The summed E-state index contributed by atoms with van der Waals surface area (Å²) in [4.78, 5) is 21.8. The zero-order chi connectivity index (χ0) is 14.7. The number of sulfone groups is 1. The molecule has 0 aromatic heterocycles. The van der Waals surface area contributed by atoms with Crippen LogP contribution in [0.2, 0.25) is 0 Å². The van der Waals surface area contributed by atoms with Crippen molar-refractivity contribution in [2.24, 2.45) is 0 Å². The van der Waals surface area contributed by atoms with E-state index in [1.165, 1.54) is 0 Å². The van der Waals surface area contributed by atoms with Crippen LogP contribution in [0.5, 0.6) is 0 Å². The van der Waals surface area contributed by atoms with E-state index in [4.69, 9.17) is 5.11 Å². The number of carbonyl (C=O) groups excluding carboxylic acids is 1. The lowest BCUT2D eigenvalue weighted by Gasteiger charge is -2.24. The third-order valence-corrected chi connectivity index (χ3v) is 3.48. The summed E-state index contributed by atoms with van der Waals surface area (Å²) in [7, 11) is -3.89. The predicted octanol–water partition coefficient (Wildman–Crippen LogP) is -0.105. The SMILES string of the molecule is CC(C(=O)N(CC(=O)O)CC(F)(F)F)S(C)(=O)=O. The van der Waals surface area contributed by atoms with Crippen LogP contribution in [-0.2, 0) is 19.4 Å². The molecule has 1 atom stereocenters. The Morgan fingerprint density at radius 1 is 1.33 bits per heavy atom. The highest BCUT2D eigenvalue weighted by atomic mass is 32.2. The van der Waals surface area contributed by atoms with Crippen LogP contribution in [0.4, 0.5) is 13.2 Å². The van der Waals surface area contributed by atoms with Gasteiger partial charge in [0.05, 0.1) is 0 Å². The number of nitrogens with zero attached hydrogens (tertiary/aromatic N) is 1. The summed E-state index contributed by atoms with van der Waals surface area (Å²) in [5, 5.41) is 6.68. The van der Waals surface area contributed by atoms with Crippen molar-refractivity contribution in [1.29, 1.82) is 0 Å². The fourth-order valence-corrected chi connectivity index (χ4v) is 1.55. The number of hydrogen-bond donors (Lipinski definition) is 1. The zero-order valence-corrected chi connectivity index (χ0v) is 10.4. The van der Waals surface area contributed by atoms with Crippen molar-refractivity contribution in [3.8, 4) is 0 Å². The van der Waals surface area contributed by atoms with Crippen molar-refractivity contribution in [1.82, 2.24) is 4.90 Å². The van der Waals surface area contributed by atoms with Gasteiger partial charge in [-0.25, -0.2) is 8.42 Å². The van der Waals surface area contributed by atoms with Gasteiger partial charge in [0.15, 0.2) is 9.84 Å². The predicted molar refractivity (Wildman–Crippen MR) is 54.6 cm³/mol. The normalized spacial score (nSPS) is 14.1. The first-order valence-electron chi connectivity index (χ1n) is 4.61. The van der Waals surface area contributed by atoms with E-state index in [2.05, 4.69) is 0 Å². The lowest BCUT2D eigenvalue weighted by molar-refractivity contribution is -0.165. The highest BCUT2D eigenvalue weighted by Crippen LogP contribution is 2.17. The molecule has 10 heteroatoms. The van der Waals surface area contributed by atoms with Crippen LogP contribution in [0, 0.1) is 0 Å². The maximum absolute atomic E-state index is 12.1. The van der Waals surface area contributed by atoms with Gasteiger partial charge in [0.1, 0.15) is 18.3 Å². The van der Waals surface area contributed by atoms with Crippen molar-refractivity contribution >= 4 is 21.7 Å². The smallest absolute Gasteiger partial charge is 0.406 e. The molecule has 0 radical (unpaired) electrons. The molecule has 0 spiro atoms. The minimum atomic E-state index is -4.80. The summed E-state index contributed by atoms with van der Waals surface area (Å²) < 4.78 is 58.5. The summed E-state index contributed by atoms with van der Waals surface area (Å²) in [5.74, 6) is -3.05. The zero-order valence-electron chi connectivity index (χ0n) is 9.56. The molecule has 0 fully saturated rings. The fourth-order valence-electron chi connectivity index (χ4n) is 1.03. The van der Waals surface area contributed by atoms with Crippen molar-refractivity contribution < 1.29 is 36.3 Å². The van der Waals surface area contributed by atoms with E-state index in [1.807, 2.05) is 0 Å². The molecule has 1 N–H and O–H groups in total. The summed E-state index contributed by atoms with van der Waals surface area (Å²) in [6, 6.07) is 0. The minimum absolute atomic E-state index is 0.0476. The van der Waals surface area contributed by atoms with Gasteiger partial charge < -0.3 is 10.0 Å². The Bertz CT molecular complexity index is 431. The van der Waals surface area contributed by atoms with Crippen molar-refractivity contribution in [2.45, 2.75) is 18.3 Å². The van der Waals surface area contributed by atoms with Crippen LogP contribution in [0.15, 0.2) is 0 Å². The van der Waals surface area contributed by atoms with Crippen LogP contribution in [0.1, 0.15) is 6.92 Å². The Balaban J connectivity index is 5.09. The van der Waals surface area contributed by atoms with Crippen molar-refractivity contribution in [3.05, 3.63) is 0 Å². The summed E-state index contributed by atoms with van der Waals surface area (Å²) >= 11 is 0. The Labute approximate surface area is 101 Å². The number of aliphatic carboxylic acids is 1. The molecule has 106 valence electrons. The second-order valence-corrected chi connectivity index (χ2v) is 6.04. The van der Waals surface area contributed by atoms with Crippen molar-refractivity contribution in [2.75, 3.05) is 19.3 Å². The van der Waals surface area contributed by atoms with Crippen LogP contribution in [0.25, 0.3) is 0 Å². The van der Waals surface area contributed by atoms with E-state index >= 15 is 0 Å². The van der Waals surface area contributed by atoms with Crippen LogP contribution < -0.4 is 0 Å². The second-order valence-electron chi connectivity index (χ2n) is 3.67. The maximum atomic E-state index is 12.1. The number of carbonyl (C=O) groups is 2. The van der Waals surface area contributed by atoms with E-state index < -0.39 is 46.2 Å².